The molecule has 182 valence electrons. The molecular weight excluding hydrogens is 453 g/mol. The van der Waals surface area contributed by atoms with Crippen LogP contribution in [0.15, 0.2) is 76.4 Å². The third-order valence-electron chi connectivity index (χ3n) is 5.74. The molecule has 4 rings (SSSR count). The largest absolute Gasteiger partial charge is 0.497 e. The standard InChI is InChI=1S/C26H26FN3O5/c1-33-14-12-29(26(32)24-11-6-13-35-24)17-25(31)30-23(20-9-3-4-10-21(20)27)16-22(28-30)18-7-5-8-19(15-18)34-2/h3-11,13,15,23H,12,14,16-17H2,1-2H3/t23-/m0/s1. The predicted octanol–water partition coefficient (Wildman–Crippen LogP) is 3.89. The lowest BCUT2D eigenvalue weighted by Gasteiger charge is -2.26. The van der Waals surface area contributed by atoms with Gasteiger partial charge in [-0.2, -0.15) is 5.10 Å². The normalized spacial score (nSPS) is 15.1. The molecule has 0 bridgehead atoms. The molecule has 1 aliphatic heterocycles. The molecule has 2 heterocycles. The minimum absolute atomic E-state index is 0.113. The second kappa shape index (κ2) is 11.0. The van der Waals surface area contributed by atoms with Crippen molar-refractivity contribution < 1.29 is 27.9 Å². The Balaban J connectivity index is 1.65. The molecule has 1 aliphatic rings. The van der Waals surface area contributed by atoms with Crippen LogP contribution in [-0.2, 0) is 9.53 Å². The van der Waals surface area contributed by atoms with Crippen LogP contribution in [0.3, 0.4) is 0 Å². The number of furan rings is 1. The molecule has 0 N–H and O–H groups in total. The van der Waals surface area contributed by atoms with Gasteiger partial charge in [-0.25, -0.2) is 9.40 Å². The summed E-state index contributed by atoms with van der Waals surface area (Å²) in [5, 5.41) is 5.84. The maximum Gasteiger partial charge on any atom is 0.290 e. The van der Waals surface area contributed by atoms with Crippen molar-refractivity contribution in [2.24, 2.45) is 5.10 Å². The second-order valence-electron chi connectivity index (χ2n) is 7.96. The van der Waals surface area contributed by atoms with Crippen LogP contribution in [0.25, 0.3) is 0 Å². The Hall–Kier alpha value is -3.98. The van der Waals surface area contributed by atoms with Gasteiger partial charge >= 0.3 is 0 Å². The first-order valence-electron chi connectivity index (χ1n) is 11.1. The van der Waals surface area contributed by atoms with Gasteiger partial charge in [0.1, 0.15) is 18.1 Å². The summed E-state index contributed by atoms with van der Waals surface area (Å²) >= 11 is 0. The first-order valence-corrected chi connectivity index (χ1v) is 11.1. The van der Waals surface area contributed by atoms with E-state index in [1.54, 1.807) is 31.4 Å². The number of amides is 2. The fraction of sp³-hybridized carbons (Fsp3) is 0.269. The monoisotopic (exact) mass is 479 g/mol. The highest BCUT2D eigenvalue weighted by molar-refractivity contribution is 6.04. The summed E-state index contributed by atoms with van der Waals surface area (Å²) in [4.78, 5) is 27.8. The summed E-state index contributed by atoms with van der Waals surface area (Å²) in [6.07, 6.45) is 1.70. The number of hydrazone groups is 1. The molecular formula is C26H26FN3O5. The number of methoxy groups -OCH3 is 2. The maximum absolute atomic E-state index is 14.8. The first kappa shape index (κ1) is 24.2. The van der Waals surface area contributed by atoms with E-state index in [4.69, 9.17) is 13.9 Å². The van der Waals surface area contributed by atoms with E-state index in [1.807, 2.05) is 24.3 Å². The van der Waals surface area contributed by atoms with Gasteiger partial charge in [0.25, 0.3) is 11.8 Å². The second-order valence-corrected chi connectivity index (χ2v) is 7.96. The molecule has 0 radical (unpaired) electrons. The van der Waals surface area contributed by atoms with Gasteiger partial charge in [-0.3, -0.25) is 9.59 Å². The average molecular weight is 480 g/mol. The summed E-state index contributed by atoms with van der Waals surface area (Å²) in [6.45, 7) is 0.129. The number of carbonyl (C=O) groups is 2. The zero-order chi connectivity index (χ0) is 24.8. The molecule has 9 heteroatoms. The van der Waals surface area contributed by atoms with Crippen LogP contribution in [0.4, 0.5) is 4.39 Å². The summed E-state index contributed by atoms with van der Waals surface area (Å²) in [6, 6.07) is 16.1. The highest BCUT2D eigenvalue weighted by Crippen LogP contribution is 2.34. The topological polar surface area (TPSA) is 84.6 Å². The average Bonchev–Trinajstić information content (AvgIpc) is 3.57. The molecule has 0 aliphatic carbocycles. The van der Waals surface area contributed by atoms with Gasteiger partial charge in [-0.15, -0.1) is 0 Å². The molecule has 3 aromatic rings. The van der Waals surface area contributed by atoms with Crippen LogP contribution < -0.4 is 4.74 Å². The molecule has 0 unspecified atom stereocenters. The number of halogens is 1. The van der Waals surface area contributed by atoms with E-state index in [1.165, 1.54) is 35.4 Å². The van der Waals surface area contributed by atoms with Gasteiger partial charge in [0.05, 0.1) is 31.7 Å². The third kappa shape index (κ3) is 5.41. The van der Waals surface area contributed by atoms with Crippen molar-refractivity contribution in [3.05, 3.63) is 89.6 Å². The van der Waals surface area contributed by atoms with E-state index in [0.29, 0.717) is 23.4 Å². The van der Waals surface area contributed by atoms with Gasteiger partial charge in [0.2, 0.25) is 0 Å². The van der Waals surface area contributed by atoms with Crippen LogP contribution in [-0.4, -0.2) is 61.4 Å². The Kier molecular flexibility index (Phi) is 7.57. The quantitative estimate of drug-likeness (QED) is 0.465. The van der Waals surface area contributed by atoms with E-state index < -0.39 is 23.7 Å². The zero-order valence-electron chi connectivity index (χ0n) is 19.5. The molecule has 0 spiro atoms. The van der Waals surface area contributed by atoms with Crippen LogP contribution in [0.1, 0.15) is 34.1 Å². The van der Waals surface area contributed by atoms with Crippen molar-refractivity contribution >= 4 is 17.5 Å². The highest BCUT2D eigenvalue weighted by atomic mass is 19.1. The van der Waals surface area contributed by atoms with E-state index >= 15 is 0 Å². The van der Waals surface area contributed by atoms with E-state index in [9.17, 15) is 14.0 Å². The molecule has 2 amide bonds. The minimum atomic E-state index is -0.659. The first-order chi connectivity index (χ1) is 17.0. The number of hydrogen-bond donors (Lipinski definition) is 0. The number of rotatable bonds is 9. The van der Waals surface area contributed by atoms with Gasteiger partial charge < -0.3 is 18.8 Å². The van der Waals surface area contributed by atoms with Gasteiger partial charge in [-0.05, 0) is 30.3 Å². The third-order valence-corrected chi connectivity index (χ3v) is 5.74. The summed E-state index contributed by atoms with van der Waals surface area (Å²) in [7, 11) is 3.08. The molecule has 2 aromatic carbocycles. The molecule has 0 saturated heterocycles. The van der Waals surface area contributed by atoms with Gasteiger partial charge in [0.15, 0.2) is 5.76 Å². The number of hydrogen-bond acceptors (Lipinski definition) is 6. The predicted molar refractivity (Wildman–Crippen MR) is 127 cm³/mol. The van der Waals surface area contributed by atoms with E-state index in [2.05, 4.69) is 5.10 Å². The van der Waals surface area contributed by atoms with Crippen molar-refractivity contribution in [2.45, 2.75) is 12.5 Å². The Morgan fingerprint density at radius 1 is 1.14 bits per heavy atom. The van der Waals surface area contributed by atoms with E-state index in [0.717, 1.165) is 5.56 Å². The number of carbonyl (C=O) groups excluding carboxylic acids is 2. The lowest BCUT2D eigenvalue weighted by atomic mass is 9.98. The summed E-state index contributed by atoms with van der Waals surface area (Å²) in [5.41, 5.74) is 1.73. The number of ether oxygens (including phenoxy) is 2. The molecule has 1 atom stereocenters. The number of benzene rings is 2. The summed E-state index contributed by atoms with van der Waals surface area (Å²) in [5.74, 6) is -0.569. The van der Waals surface area contributed by atoms with Crippen molar-refractivity contribution in [1.82, 2.24) is 9.91 Å². The summed E-state index contributed by atoms with van der Waals surface area (Å²) < 4.78 is 30.4. The van der Waals surface area contributed by atoms with Gasteiger partial charge in [0, 0.05) is 31.2 Å². The Bertz CT molecular complexity index is 1210. The Labute approximate surface area is 202 Å². The minimum Gasteiger partial charge on any atom is -0.497 e. The highest BCUT2D eigenvalue weighted by Gasteiger charge is 2.36. The molecule has 35 heavy (non-hydrogen) atoms. The number of nitrogens with zero attached hydrogens (tertiary/aromatic N) is 3. The van der Waals surface area contributed by atoms with Crippen molar-refractivity contribution in [3.63, 3.8) is 0 Å². The molecule has 0 saturated carbocycles. The van der Waals surface area contributed by atoms with Crippen molar-refractivity contribution in [3.8, 4) is 5.75 Å². The molecule has 0 fully saturated rings. The Morgan fingerprint density at radius 2 is 1.97 bits per heavy atom. The molecule has 1 aromatic heterocycles. The molecule has 8 nitrogen and oxygen atoms in total. The smallest absolute Gasteiger partial charge is 0.290 e. The van der Waals surface area contributed by atoms with Crippen LogP contribution in [0.5, 0.6) is 5.75 Å². The van der Waals surface area contributed by atoms with Gasteiger partial charge in [-0.1, -0.05) is 30.3 Å². The van der Waals surface area contributed by atoms with Crippen molar-refractivity contribution in [1.29, 1.82) is 0 Å². The zero-order valence-corrected chi connectivity index (χ0v) is 19.5. The van der Waals surface area contributed by atoms with E-state index in [-0.39, 0.29) is 25.5 Å². The fourth-order valence-corrected chi connectivity index (χ4v) is 3.95. The van der Waals surface area contributed by atoms with Crippen LogP contribution >= 0.6 is 0 Å². The lowest BCUT2D eigenvalue weighted by molar-refractivity contribution is -0.133. The van der Waals surface area contributed by atoms with Crippen molar-refractivity contribution in [2.75, 3.05) is 33.9 Å². The lowest BCUT2D eigenvalue weighted by Crippen LogP contribution is -2.42. The maximum atomic E-state index is 14.8. The van der Waals surface area contributed by atoms with Crippen LogP contribution in [0.2, 0.25) is 0 Å². The Morgan fingerprint density at radius 3 is 2.69 bits per heavy atom. The fourth-order valence-electron chi connectivity index (χ4n) is 3.95. The SMILES string of the molecule is COCCN(CC(=O)N1N=C(c2cccc(OC)c2)C[C@H]1c1ccccc1F)C(=O)c1ccco1. The van der Waals surface area contributed by atoms with Crippen LogP contribution in [0, 0.1) is 5.82 Å².